The summed E-state index contributed by atoms with van der Waals surface area (Å²) in [5, 5.41) is 7.06. The van der Waals surface area contributed by atoms with Crippen molar-refractivity contribution in [1.82, 2.24) is 5.32 Å². The Morgan fingerprint density at radius 3 is 2.88 bits per heavy atom. The summed E-state index contributed by atoms with van der Waals surface area (Å²) < 4.78 is 0. The third-order valence-electron chi connectivity index (χ3n) is 3.11. The number of rotatable bonds is 3. The monoisotopic (exact) mass is 274 g/mol. The van der Waals surface area contributed by atoms with E-state index in [1.807, 2.05) is 16.8 Å². The fraction of sp³-hybridized carbons (Fsp3) is 0.583. The predicted molar refractivity (Wildman–Crippen MR) is 73.6 cm³/mol. The van der Waals surface area contributed by atoms with Crippen LogP contribution in [0, 0.1) is 0 Å². The number of carbonyl (C=O) groups is 1. The fourth-order valence-corrected chi connectivity index (χ4v) is 2.84. The molecule has 0 bridgehead atoms. The molecule has 1 fully saturated rings. The van der Waals surface area contributed by atoms with Crippen molar-refractivity contribution < 1.29 is 4.79 Å². The van der Waals surface area contributed by atoms with Gasteiger partial charge >= 0.3 is 0 Å². The maximum Gasteiger partial charge on any atom is 0.224 e. The summed E-state index contributed by atoms with van der Waals surface area (Å²) in [4.78, 5) is 11.8. The number of nitrogens with one attached hydrogen (secondary N) is 1. The van der Waals surface area contributed by atoms with Crippen molar-refractivity contribution in [3.63, 3.8) is 0 Å². The van der Waals surface area contributed by atoms with Crippen LogP contribution in [0.1, 0.15) is 31.2 Å². The molecule has 2 atom stereocenters. The molecule has 3 nitrogen and oxygen atoms in total. The zero-order valence-corrected chi connectivity index (χ0v) is 11.4. The van der Waals surface area contributed by atoms with Gasteiger partial charge in [0.1, 0.15) is 0 Å². The molecule has 1 aromatic rings. The van der Waals surface area contributed by atoms with Crippen LogP contribution in [0.25, 0.3) is 0 Å². The molecule has 0 radical (unpaired) electrons. The Labute approximate surface area is 112 Å². The van der Waals surface area contributed by atoms with Crippen LogP contribution in [0.3, 0.4) is 0 Å². The molecule has 1 aromatic heterocycles. The molecule has 1 aliphatic rings. The Morgan fingerprint density at radius 2 is 2.24 bits per heavy atom. The lowest BCUT2D eigenvalue weighted by atomic mass is 9.91. The minimum atomic E-state index is 0. The lowest BCUT2D eigenvalue weighted by Gasteiger charge is -2.29. The molecular formula is C12H19ClN2OS. The topological polar surface area (TPSA) is 55.1 Å². The van der Waals surface area contributed by atoms with Crippen LogP contribution in [0.5, 0.6) is 0 Å². The molecule has 1 heterocycles. The first-order valence-corrected chi connectivity index (χ1v) is 6.76. The molecule has 96 valence electrons. The summed E-state index contributed by atoms with van der Waals surface area (Å²) in [6.07, 6.45) is 4.90. The average Bonchev–Trinajstić information content (AvgIpc) is 2.74. The van der Waals surface area contributed by atoms with Gasteiger partial charge in [-0.3, -0.25) is 4.79 Å². The van der Waals surface area contributed by atoms with Gasteiger partial charge in [0.15, 0.2) is 0 Å². The molecule has 2 rings (SSSR count). The molecule has 1 amide bonds. The van der Waals surface area contributed by atoms with Crippen LogP contribution in [-0.4, -0.2) is 18.0 Å². The first kappa shape index (κ1) is 14.5. The van der Waals surface area contributed by atoms with Crippen molar-refractivity contribution in [1.29, 1.82) is 0 Å². The Morgan fingerprint density at radius 1 is 1.47 bits per heavy atom. The van der Waals surface area contributed by atoms with Gasteiger partial charge in [0.05, 0.1) is 6.42 Å². The van der Waals surface area contributed by atoms with Crippen molar-refractivity contribution in [2.75, 3.05) is 0 Å². The van der Waals surface area contributed by atoms with Crippen molar-refractivity contribution in [2.24, 2.45) is 5.73 Å². The molecule has 1 aliphatic carbocycles. The molecule has 0 spiro atoms. The van der Waals surface area contributed by atoms with E-state index in [2.05, 4.69) is 5.32 Å². The second kappa shape index (κ2) is 6.99. The zero-order valence-electron chi connectivity index (χ0n) is 9.72. The van der Waals surface area contributed by atoms with Crippen molar-refractivity contribution in [3.05, 3.63) is 22.4 Å². The lowest BCUT2D eigenvalue weighted by molar-refractivity contribution is -0.121. The van der Waals surface area contributed by atoms with Gasteiger partial charge in [0.2, 0.25) is 5.91 Å². The minimum Gasteiger partial charge on any atom is -0.352 e. The van der Waals surface area contributed by atoms with Gasteiger partial charge in [-0.05, 0) is 35.2 Å². The smallest absolute Gasteiger partial charge is 0.224 e. The van der Waals surface area contributed by atoms with E-state index in [0.717, 1.165) is 18.4 Å². The van der Waals surface area contributed by atoms with E-state index in [1.54, 1.807) is 11.3 Å². The maximum absolute atomic E-state index is 11.8. The van der Waals surface area contributed by atoms with E-state index in [1.165, 1.54) is 12.8 Å². The van der Waals surface area contributed by atoms with Crippen LogP contribution in [-0.2, 0) is 11.2 Å². The van der Waals surface area contributed by atoms with Gasteiger partial charge < -0.3 is 11.1 Å². The van der Waals surface area contributed by atoms with Crippen LogP contribution in [0.15, 0.2) is 16.8 Å². The number of thiophene rings is 1. The van der Waals surface area contributed by atoms with E-state index >= 15 is 0 Å². The molecule has 2 unspecified atom stereocenters. The van der Waals surface area contributed by atoms with E-state index in [4.69, 9.17) is 5.73 Å². The number of carbonyl (C=O) groups excluding carboxylic acids is 1. The summed E-state index contributed by atoms with van der Waals surface area (Å²) in [6.45, 7) is 0. The highest BCUT2D eigenvalue weighted by molar-refractivity contribution is 7.07. The fourth-order valence-electron chi connectivity index (χ4n) is 2.18. The third-order valence-corrected chi connectivity index (χ3v) is 3.84. The van der Waals surface area contributed by atoms with Crippen molar-refractivity contribution >= 4 is 29.7 Å². The SMILES string of the molecule is Cl.NC1CCCCC1NC(=O)Cc1ccsc1. The molecule has 0 saturated heterocycles. The van der Waals surface area contributed by atoms with Crippen LogP contribution in [0.2, 0.25) is 0 Å². The van der Waals surface area contributed by atoms with Gasteiger partial charge in [-0.15, -0.1) is 12.4 Å². The number of hydrogen-bond acceptors (Lipinski definition) is 3. The van der Waals surface area contributed by atoms with Crippen LogP contribution in [0.4, 0.5) is 0 Å². The second-order valence-electron chi connectivity index (χ2n) is 4.43. The molecule has 1 saturated carbocycles. The van der Waals surface area contributed by atoms with E-state index < -0.39 is 0 Å². The van der Waals surface area contributed by atoms with Gasteiger partial charge in [0, 0.05) is 12.1 Å². The number of amides is 1. The molecule has 5 heteroatoms. The Balaban J connectivity index is 0.00000144. The molecule has 0 aliphatic heterocycles. The van der Waals surface area contributed by atoms with Crippen molar-refractivity contribution in [3.8, 4) is 0 Å². The largest absolute Gasteiger partial charge is 0.352 e. The second-order valence-corrected chi connectivity index (χ2v) is 5.21. The molecule has 17 heavy (non-hydrogen) atoms. The Kier molecular flexibility index (Phi) is 5.95. The summed E-state index contributed by atoms with van der Waals surface area (Å²) in [5.74, 6) is 0.0979. The maximum atomic E-state index is 11.8. The average molecular weight is 275 g/mol. The zero-order chi connectivity index (χ0) is 11.4. The molecular weight excluding hydrogens is 256 g/mol. The summed E-state index contributed by atoms with van der Waals surface area (Å²) in [7, 11) is 0. The predicted octanol–water partition coefficient (Wildman–Crippen LogP) is 2.10. The number of halogens is 1. The minimum absolute atomic E-state index is 0. The Hall–Kier alpha value is -0.580. The standard InChI is InChI=1S/C12H18N2OS.ClH/c13-10-3-1-2-4-11(10)14-12(15)7-9-5-6-16-8-9;/h5-6,8,10-11H,1-4,7,13H2,(H,14,15);1H. The highest BCUT2D eigenvalue weighted by Crippen LogP contribution is 2.17. The van der Waals surface area contributed by atoms with Gasteiger partial charge in [-0.1, -0.05) is 12.8 Å². The summed E-state index contributed by atoms with van der Waals surface area (Å²) in [5.41, 5.74) is 7.08. The van der Waals surface area contributed by atoms with E-state index in [0.29, 0.717) is 6.42 Å². The first-order chi connectivity index (χ1) is 7.75. The number of nitrogens with two attached hydrogens (primary N) is 1. The van der Waals surface area contributed by atoms with E-state index in [-0.39, 0.29) is 30.4 Å². The molecule has 0 aromatic carbocycles. The highest BCUT2D eigenvalue weighted by atomic mass is 35.5. The highest BCUT2D eigenvalue weighted by Gasteiger charge is 2.23. The van der Waals surface area contributed by atoms with Crippen LogP contribution < -0.4 is 11.1 Å². The first-order valence-electron chi connectivity index (χ1n) is 5.82. The van der Waals surface area contributed by atoms with E-state index in [9.17, 15) is 4.79 Å². The van der Waals surface area contributed by atoms with Gasteiger partial charge in [0.25, 0.3) is 0 Å². The van der Waals surface area contributed by atoms with Crippen LogP contribution >= 0.6 is 23.7 Å². The summed E-state index contributed by atoms with van der Waals surface area (Å²) >= 11 is 1.62. The summed E-state index contributed by atoms with van der Waals surface area (Å²) in [6, 6.07) is 2.31. The van der Waals surface area contributed by atoms with Crippen molar-refractivity contribution in [2.45, 2.75) is 44.2 Å². The lowest BCUT2D eigenvalue weighted by Crippen LogP contribution is -2.49. The number of hydrogen-bond donors (Lipinski definition) is 2. The Bertz CT molecular complexity index is 342. The third kappa shape index (κ3) is 4.30. The quantitative estimate of drug-likeness (QED) is 0.887. The normalized spacial score (nSPS) is 23.8. The van der Waals surface area contributed by atoms with Gasteiger partial charge in [-0.25, -0.2) is 0 Å². The van der Waals surface area contributed by atoms with Gasteiger partial charge in [-0.2, -0.15) is 11.3 Å². The molecule has 3 N–H and O–H groups in total.